The van der Waals surface area contributed by atoms with Gasteiger partial charge in [0.25, 0.3) is 0 Å². The van der Waals surface area contributed by atoms with Gasteiger partial charge in [0.2, 0.25) is 0 Å². The van der Waals surface area contributed by atoms with Gasteiger partial charge in [0, 0.05) is 16.7 Å². The quantitative estimate of drug-likeness (QED) is 0.869. The number of rotatable bonds is 4. The van der Waals surface area contributed by atoms with Gasteiger partial charge in [0.05, 0.1) is 0 Å². The summed E-state index contributed by atoms with van der Waals surface area (Å²) in [5.74, 6) is 2.02. The van der Waals surface area contributed by atoms with E-state index in [0.29, 0.717) is 11.5 Å². The Bertz CT molecular complexity index is 394. The van der Waals surface area contributed by atoms with E-state index in [-0.39, 0.29) is 0 Å². The monoisotopic (exact) mass is 263 g/mol. The van der Waals surface area contributed by atoms with Crippen molar-refractivity contribution in [2.45, 2.75) is 50.5 Å². The van der Waals surface area contributed by atoms with Crippen LogP contribution < -0.4 is 5.32 Å². The van der Waals surface area contributed by atoms with Crippen LogP contribution in [0.1, 0.15) is 45.1 Å². The third-order valence-corrected chi connectivity index (χ3v) is 5.25. The maximum Gasteiger partial charge on any atom is 0.0113 e. The lowest BCUT2D eigenvalue weighted by molar-refractivity contribution is 0.260. The van der Waals surface area contributed by atoms with E-state index in [1.165, 1.54) is 23.5 Å². The van der Waals surface area contributed by atoms with E-state index in [4.69, 9.17) is 0 Å². The van der Waals surface area contributed by atoms with Crippen molar-refractivity contribution in [2.24, 2.45) is 5.41 Å². The Labute approximate surface area is 116 Å². The van der Waals surface area contributed by atoms with Crippen molar-refractivity contribution >= 4 is 11.8 Å². The summed E-state index contributed by atoms with van der Waals surface area (Å²) in [7, 11) is 2.09. The fraction of sp³-hybridized carbons (Fsp3) is 0.625. The number of hydrogen-bond donors (Lipinski definition) is 1. The summed E-state index contributed by atoms with van der Waals surface area (Å²) < 4.78 is 0. The van der Waals surface area contributed by atoms with Crippen molar-refractivity contribution in [3.63, 3.8) is 0 Å². The molecule has 1 aliphatic heterocycles. The molecule has 0 aliphatic carbocycles. The van der Waals surface area contributed by atoms with E-state index >= 15 is 0 Å². The normalized spacial score (nSPS) is 20.8. The third kappa shape index (κ3) is 3.10. The van der Waals surface area contributed by atoms with Crippen molar-refractivity contribution in [1.82, 2.24) is 5.32 Å². The topological polar surface area (TPSA) is 12.0 Å². The minimum absolute atomic E-state index is 0.347. The predicted molar refractivity (Wildman–Crippen MR) is 81.4 cm³/mol. The highest BCUT2D eigenvalue weighted by molar-refractivity contribution is 7.99. The third-order valence-electron chi connectivity index (χ3n) is 4.00. The first-order valence-corrected chi connectivity index (χ1v) is 7.90. The van der Waals surface area contributed by atoms with Crippen LogP contribution in [0, 0.1) is 5.41 Å². The van der Waals surface area contributed by atoms with Gasteiger partial charge in [-0.15, -0.1) is 11.8 Å². The average molecular weight is 263 g/mol. The summed E-state index contributed by atoms with van der Waals surface area (Å²) in [5, 5.41) is 3.48. The van der Waals surface area contributed by atoms with Gasteiger partial charge in [-0.05, 0) is 42.9 Å². The summed E-state index contributed by atoms with van der Waals surface area (Å²) in [6.45, 7) is 6.97. The smallest absolute Gasteiger partial charge is 0.0113 e. The van der Waals surface area contributed by atoms with Crippen molar-refractivity contribution in [1.29, 1.82) is 0 Å². The van der Waals surface area contributed by atoms with Crippen LogP contribution in [-0.2, 0) is 0 Å². The molecule has 1 aromatic carbocycles. The molecular weight excluding hydrogens is 238 g/mol. The molecule has 0 saturated heterocycles. The largest absolute Gasteiger partial charge is 0.316 e. The molecule has 0 aromatic heterocycles. The van der Waals surface area contributed by atoms with Gasteiger partial charge in [0.1, 0.15) is 0 Å². The zero-order chi connectivity index (χ0) is 13.2. The summed E-state index contributed by atoms with van der Waals surface area (Å²) in [4.78, 5) is 1.50. The van der Waals surface area contributed by atoms with E-state index in [1.807, 2.05) is 11.8 Å². The molecule has 2 rings (SSSR count). The second-order valence-electron chi connectivity index (χ2n) is 6.33. The van der Waals surface area contributed by atoms with Crippen LogP contribution in [0.4, 0.5) is 0 Å². The molecule has 1 nitrogen and oxygen atoms in total. The Morgan fingerprint density at radius 1 is 1.33 bits per heavy atom. The van der Waals surface area contributed by atoms with Crippen molar-refractivity contribution in [3.05, 3.63) is 29.8 Å². The lowest BCUT2D eigenvalue weighted by Gasteiger charge is -2.31. The number of nitrogens with one attached hydrogen (secondary N) is 1. The fourth-order valence-electron chi connectivity index (χ4n) is 2.85. The van der Waals surface area contributed by atoms with Gasteiger partial charge in [-0.3, -0.25) is 0 Å². The molecule has 2 heteroatoms. The number of thioether (sulfide) groups is 1. The lowest BCUT2D eigenvalue weighted by Crippen LogP contribution is -2.38. The number of benzene rings is 1. The molecule has 100 valence electrons. The van der Waals surface area contributed by atoms with Crippen LogP contribution >= 0.6 is 11.8 Å². The van der Waals surface area contributed by atoms with Crippen molar-refractivity contribution in [2.75, 3.05) is 12.8 Å². The second-order valence-corrected chi connectivity index (χ2v) is 7.39. The number of fused-ring (bicyclic) bond motifs is 1. The first-order valence-electron chi connectivity index (χ1n) is 6.91. The molecule has 0 bridgehead atoms. The van der Waals surface area contributed by atoms with Crippen molar-refractivity contribution < 1.29 is 0 Å². The fourth-order valence-corrected chi connectivity index (χ4v) is 4.15. The molecule has 1 aliphatic rings. The van der Waals surface area contributed by atoms with Gasteiger partial charge in [-0.1, -0.05) is 39.0 Å². The van der Waals surface area contributed by atoms with Crippen molar-refractivity contribution in [3.8, 4) is 0 Å². The molecule has 18 heavy (non-hydrogen) atoms. The Hall–Kier alpha value is -0.470. The minimum Gasteiger partial charge on any atom is -0.316 e. The molecule has 1 heterocycles. The Kier molecular flexibility index (Phi) is 4.39. The van der Waals surface area contributed by atoms with Crippen LogP contribution in [0.3, 0.4) is 0 Å². The molecule has 0 spiro atoms. The highest BCUT2D eigenvalue weighted by Gasteiger charge is 2.27. The van der Waals surface area contributed by atoms with Gasteiger partial charge in [-0.2, -0.15) is 0 Å². The molecule has 2 atom stereocenters. The van der Waals surface area contributed by atoms with Crippen LogP contribution in [0.2, 0.25) is 0 Å². The highest BCUT2D eigenvalue weighted by Crippen LogP contribution is 2.42. The maximum absolute atomic E-state index is 3.48. The standard InChI is InChI=1S/C16H25NS/c1-16(2,3)15(17-4)10-9-12-11-18-14-8-6-5-7-13(12)14/h5-8,12,15,17H,9-11H2,1-4H3. The molecule has 1 N–H and O–H groups in total. The average Bonchev–Trinajstić information content (AvgIpc) is 2.72. The van der Waals surface area contributed by atoms with E-state index < -0.39 is 0 Å². The van der Waals surface area contributed by atoms with E-state index in [9.17, 15) is 0 Å². The Balaban J connectivity index is 1.96. The van der Waals surface area contributed by atoms with E-state index in [0.717, 1.165) is 5.92 Å². The van der Waals surface area contributed by atoms with Crippen LogP contribution in [0.15, 0.2) is 29.2 Å². The molecule has 0 fully saturated rings. The van der Waals surface area contributed by atoms with Gasteiger partial charge < -0.3 is 5.32 Å². The first-order chi connectivity index (χ1) is 8.52. The van der Waals surface area contributed by atoms with Crippen LogP contribution in [0.5, 0.6) is 0 Å². The molecule has 1 aromatic rings. The van der Waals surface area contributed by atoms with E-state index in [1.54, 1.807) is 5.56 Å². The van der Waals surface area contributed by atoms with Gasteiger partial charge >= 0.3 is 0 Å². The minimum atomic E-state index is 0.347. The van der Waals surface area contributed by atoms with Crippen LogP contribution in [0.25, 0.3) is 0 Å². The maximum atomic E-state index is 3.48. The summed E-state index contributed by atoms with van der Waals surface area (Å²) in [5.41, 5.74) is 1.92. The predicted octanol–water partition coefficient (Wildman–Crippen LogP) is 4.29. The first kappa shape index (κ1) is 14.0. The summed E-state index contributed by atoms with van der Waals surface area (Å²) in [6, 6.07) is 9.51. The molecule has 0 amide bonds. The van der Waals surface area contributed by atoms with Gasteiger partial charge in [0.15, 0.2) is 0 Å². The number of hydrogen-bond acceptors (Lipinski definition) is 2. The summed E-state index contributed by atoms with van der Waals surface area (Å²) >= 11 is 2.02. The Morgan fingerprint density at radius 2 is 2.06 bits per heavy atom. The molecule has 0 saturated carbocycles. The zero-order valence-corrected chi connectivity index (χ0v) is 12.8. The Morgan fingerprint density at radius 3 is 2.72 bits per heavy atom. The summed E-state index contributed by atoms with van der Waals surface area (Å²) in [6.07, 6.45) is 2.56. The lowest BCUT2D eigenvalue weighted by atomic mass is 9.82. The van der Waals surface area contributed by atoms with Crippen LogP contribution in [-0.4, -0.2) is 18.8 Å². The SMILES string of the molecule is CNC(CCC1CSc2ccccc21)C(C)(C)C. The second kappa shape index (κ2) is 5.66. The molecule has 0 radical (unpaired) electrons. The van der Waals surface area contributed by atoms with E-state index in [2.05, 4.69) is 57.4 Å². The zero-order valence-electron chi connectivity index (χ0n) is 12.0. The molecule has 2 unspecified atom stereocenters. The highest BCUT2D eigenvalue weighted by atomic mass is 32.2. The van der Waals surface area contributed by atoms with Gasteiger partial charge in [-0.25, -0.2) is 0 Å². The molecular formula is C16H25NS.